The van der Waals surface area contributed by atoms with Crippen molar-refractivity contribution in [1.82, 2.24) is 0 Å². The Hall–Kier alpha value is -1.47. The molecule has 3 aromatic rings. The Morgan fingerprint density at radius 2 is 1.62 bits per heavy atom. The second kappa shape index (κ2) is 8.05. The van der Waals surface area contributed by atoms with Crippen LogP contribution in [0.5, 0.6) is 0 Å². The number of hydrogen-bond donors (Lipinski definition) is 0. The van der Waals surface area contributed by atoms with Gasteiger partial charge in [0.25, 0.3) is 0 Å². The van der Waals surface area contributed by atoms with Crippen LogP contribution in [-0.2, 0) is 11.2 Å². The molecular formula is C23H25OPS. The fourth-order valence-corrected chi connectivity index (χ4v) is 8.23. The lowest BCUT2D eigenvalue weighted by atomic mass is 9.99. The Morgan fingerprint density at radius 3 is 2.12 bits per heavy atom. The summed E-state index contributed by atoms with van der Waals surface area (Å²) in [5, 5.41) is 4.50. The highest BCUT2D eigenvalue weighted by Crippen LogP contribution is 2.43. The molecular weight excluding hydrogens is 355 g/mol. The van der Waals surface area contributed by atoms with Gasteiger partial charge in [0.1, 0.15) is 0 Å². The zero-order valence-electron chi connectivity index (χ0n) is 15.4. The summed E-state index contributed by atoms with van der Waals surface area (Å²) in [6.07, 6.45) is 2.26. The second-order valence-electron chi connectivity index (χ2n) is 6.76. The van der Waals surface area contributed by atoms with Gasteiger partial charge >= 0.3 is 0 Å². The van der Waals surface area contributed by atoms with E-state index in [0.717, 1.165) is 26.1 Å². The maximum absolute atomic E-state index is 5.77. The summed E-state index contributed by atoms with van der Waals surface area (Å²) < 4.78 is 5.77. The van der Waals surface area contributed by atoms with E-state index < -0.39 is 7.92 Å². The third-order valence-corrected chi connectivity index (χ3v) is 9.09. The van der Waals surface area contributed by atoms with Crippen molar-refractivity contribution in [3.8, 4) is 0 Å². The van der Waals surface area contributed by atoms with Crippen LogP contribution in [-0.4, -0.2) is 13.2 Å². The third kappa shape index (κ3) is 3.39. The van der Waals surface area contributed by atoms with Crippen LogP contribution in [0.3, 0.4) is 0 Å². The molecule has 3 heteroatoms. The Balaban J connectivity index is 1.94. The van der Waals surface area contributed by atoms with E-state index >= 15 is 0 Å². The van der Waals surface area contributed by atoms with Gasteiger partial charge in [-0.25, -0.2) is 0 Å². The van der Waals surface area contributed by atoms with E-state index in [-0.39, 0.29) is 0 Å². The summed E-state index contributed by atoms with van der Waals surface area (Å²) in [6, 6.07) is 22.2. The highest BCUT2D eigenvalue weighted by Gasteiger charge is 2.31. The molecule has 2 heterocycles. The van der Waals surface area contributed by atoms with Crippen LogP contribution in [0, 0.1) is 6.92 Å². The molecule has 1 aromatic heterocycles. The van der Waals surface area contributed by atoms with E-state index in [1.807, 2.05) is 11.3 Å². The molecule has 4 rings (SSSR count). The highest BCUT2D eigenvalue weighted by molar-refractivity contribution is 7.80. The van der Waals surface area contributed by atoms with Crippen LogP contribution in [0.15, 0.2) is 60.7 Å². The van der Waals surface area contributed by atoms with Gasteiger partial charge in [-0.1, -0.05) is 67.6 Å². The molecule has 1 unspecified atom stereocenters. The molecule has 26 heavy (non-hydrogen) atoms. The first-order valence-electron chi connectivity index (χ1n) is 9.39. The molecule has 1 aliphatic heterocycles. The molecule has 0 spiro atoms. The molecule has 0 N–H and O–H groups in total. The molecule has 1 fully saturated rings. The predicted molar refractivity (Wildman–Crippen MR) is 115 cm³/mol. The largest absolute Gasteiger partial charge is 0.381 e. The zero-order valence-corrected chi connectivity index (χ0v) is 17.2. The van der Waals surface area contributed by atoms with Gasteiger partial charge in [-0.3, -0.25) is 0 Å². The van der Waals surface area contributed by atoms with Crippen molar-refractivity contribution in [2.75, 3.05) is 13.2 Å². The van der Waals surface area contributed by atoms with Gasteiger partial charge in [-0.05, 0) is 43.9 Å². The van der Waals surface area contributed by atoms with Gasteiger partial charge in [0, 0.05) is 27.6 Å². The van der Waals surface area contributed by atoms with Crippen LogP contribution >= 0.6 is 19.3 Å². The van der Waals surface area contributed by atoms with Gasteiger partial charge in [-0.2, -0.15) is 0 Å². The first-order valence-corrected chi connectivity index (χ1v) is 11.6. The van der Waals surface area contributed by atoms with E-state index in [0.29, 0.717) is 5.92 Å². The lowest BCUT2D eigenvalue weighted by molar-refractivity contribution is 0.194. The van der Waals surface area contributed by atoms with E-state index in [2.05, 4.69) is 74.5 Å². The van der Waals surface area contributed by atoms with Crippen molar-refractivity contribution in [2.24, 2.45) is 0 Å². The number of ether oxygens (including phenoxy) is 1. The van der Waals surface area contributed by atoms with Crippen LogP contribution in [0.2, 0.25) is 0 Å². The maximum Gasteiger partial charge on any atom is 0.0536 e. The first kappa shape index (κ1) is 17.9. The number of aryl methyl sites for hydroxylation is 2. The summed E-state index contributed by atoms with van der Waals surface area (Å²) >= 11 is 2.01. The van der Waals surface area contributed by atoms with E-state index in [1.165, 1.54) is 15.5 Å². The van der Waals surface area contributed by atoms with Gasteiger partial charge in [0.2, 0.25) is 0 Å². The maximum atomic E-state index is 5.77. The van der Waals surface area contributed by atoms with Crippen molar-refractivity contribution < 1.29 is 4.74 Å². The van der Waals surface area contributed by atoms with Gasteiger partial charge in [-0.15, -0.1) is 11.3 Å². The Labute approximate surface area is 161 Å². The molecule has 0 radical (unpaired) electrons. The minimum Gasteiger partial charge on any atom is -0.381 e. The molecule has 1 aliphatic rings. The topological polar surface area (TPSA) is 9.23 Å². The summed E-state index contributed by atoms with van der Waals surface area (Å²) in [6.45, 7) is 6.38. The predicted octanol–water partition coefficient (Wildman–Crippen LogP) is 4.88. The van der Waals surface area contributed by atoms with Crippen LogP contribution < -0.4 is 15.9 Å². The smallest absolute Gasteiger partial charge is 0.0536 e. The normalized spacial score (nSPS) is 17.1. The summed E-state index contributed by atoms with van der Waals surface area (Å²) in [5.41, 5.74) is 1.59. The van der Waals surface area contributed by atoms with E-state index in [1.54, 1.807) is 15.7 Å². The van der Waals surface area contributed by atoms with Crippen molar-refractivity contribution in [3.63, 3.8) is 0 Å². The van der Waals surface area contributed by atoms with Crippen molar-refractivity contribution in [3.05, 3.63) is 76.0 Å². The summed E-state index contributed by atoms with van der Waals surface area (Å²) in [4.78, 5) is 3.05. The SMILES string of the molecule is CCc1sc(C)c(C2CCOC2)c1P(c1ccccc1)c1ccccc1. The first-order chi connectivity index (χ1) is 12.8. The molecule has 0 bridgehead atoms. The standard InChI is InChI=1S/C23H25OPS/c1-3-21-23(22(17(2)26-21)18-14-15-24-16-18)25(19-10-6-4-7-11-19)20-12-8-5-9-13-20/h4-13,18H,3,14-16H2,1-2H3. The fraction of sp³-hybridized carbons (Fsp3) is 0.304. The average Bonchev–Trinajstić information content (AvgIpc) is 3.31. The van der Waals surface area contributed by atoms with Crippen molar-refractivity contribution >= 4 is 35.2 Å². The Bertz CT molecular complexity index is 811. The molecule has 1 atom stereocenters. The minimum absolute atomic E-state index is 0.534. The van der Waals surface area contributed by atoms with Gasteiger partial charge in [0.05, 0.1) is 6.61 Å². The van der Waals surface area contributed by atoms with Crippen molar-refractivity contribution in [2.45, 2.75) is 32.6 Å². The van der Waals surface area contributed by atoms with Crippen LogP contribution in [0.4, 0.5) is 0 Å². The lowest BCUT2D eigenvalue weighted by Gasteiger charge is -2.23. The Morgan fingerprint density at radius 1 is 1.00 bits per heavy atom. The van der Waals surface area contributed by atoms with Gasteiger partial charge < -0.3 is 4.74 Å². The molecule has 1 saturated heterocycles. The number of hydrogen-bond acceptors (Lipinski definition) is 2. The Kier molecular flexibility index (Phi) is 5.55. The second-order valence-corrected chi connectivity index (χ2v) is 10.2. The molecule has 2 aromatic carbocycles. The number of benzene rings is 2. The molecule has 0 saturated carbocycles. The highest BCUT2D eigenvalue weighted by atomic mass is 32.1. The molecule has 1 nitrogen and oxygen atoms in total. The zero-order chi connectivity index (χ0) is 17.9. The van der Waals surface area contributed by atoms with Crippen LogP contribution in [0.1, 0.15) is 34.6 Å². The average molecular weight is 380 g/mol. The third-order valence-electron chi connectivity index (χ3n) is 5.09. The van der Waals surface area contributed by atoms with E-state index in [9.17, 15) is 0 Å². The summed E-state index contributed by atoms with van der Waals surface area (Å²) in [5.74, 6) is 0.555. The van der Waals surface area contributed by atoms with Gasteiger partial charge in [0.15, 0.2) is 0 Å². The quantitative estimate of drug-likeness (QED) is 0.573. The lowest BCUT2D eigenvalue weighted by Crippen LogP contribution is -2.25. The molecule has 0 amide bonds. The molecule has 134 valence electrons. The fourth-order valence-electron chi connectivity index (χ4n) is 3.89. The number of thiophene rings is 1. The van der Waals surface area contributed by atoms with Crippen molar-refractivity contribution in [1.29, 1.82) is 0 Å². The molecule has 0 aliphatic carbocycles. The van der Waals surface area contributed by atoms with E-state index in [4.69, 9.17) is 4.74 Å². The minimum atomic E-state index is -0.534. The monoisotopic (exact) mass is 380 g/mol. The van der Waals surface area contributed by atoms with Crippen LogP contribution in [0.25, 0.3) is 0 Å². The number of rotatable bonds is 5. The summed E-state index contributed by atoms with van der Waals surface area (Å²) in [7, 11) is -0.534.